The predicted octanol–water partition coefficient (Wildman–Crippen LogP) is 3.83. The van der Waals surface area contributed by atoms with Gasteiger partial charge in [0.2, 0.25) is 0 Å². The van der Waals surface area contributed by atoms with Crippen LogP contribution in [0.4, 0.5) is 0 Å². The number of ether oxygens (including phenoxy) is 4. The van der Waals surface area contributed by atoms with Gasteiger partial charge in [-0.25, -0.2) is 0 Å². The quantitative estimate of drug-likeness (QED) is 0.433. The largest absolute Gasteiger partial charge is 0.381 e. The van der Waals surface area contributed by atoms with E-state index in [4.69, 9.17) is 18.9 Å². The molecule has 0 spiro atoms. The van der Waals surface area contributed by atoms with Crippen molar-refractivity contribution in [1.29, 1.82) is 0 Å². The van der Waals surface area contributed by atoms with Crippen molar-refractivity contribution in [2.45, 2.75) is 39.2 Å². The first kappa shape index (κ1) is 20.1. The van der Waals surface area contributed by atoms with Crippen LogP contribution in [0, 0.1) is 0 Å². The molecule has 0 radical (unpaired) electrons. The van der Waals surface area contributed by atoms with Crippen molar-refractivity contribution in [3.63, 3.8) is 0 Å². The average Bonchev–Trinajstić information content (AvgIpc) is 2.59. The van der Waals surface area contributed by atoms with Crippen LogP contribution in [-0.4, -0.2) is 46.2 Å². The van der Waals surface area contributed by atoms with E-state index in [2.05, 4.69) is 19.1 Å². The van der Waals surface area contributed by atoms with Crippen LogP contribution in [-0.2, 0) is 25.6 Å². The Balaban J connectivity index is 1.72. The average molecular weight is 324 g/mol. The normalized spacial score (nSPS) is 11.0. The van der Waals surface area contributed by atoms with Gasteiger partial charge in [0, 0.05) is 46.2 Å². The summed E-state index contributed by atoms with van der Waals surface area (Å²) in [6.07, 6.45) is 3.93. The number of benzene rings is 1. The number of hydrogen-bond acceptors (Lipinski definition) is 4. The summed E-state index contributed by atoms with van der Waals surface area (Å²) in [5.74, 6) is 0. The van der Waals surface area contributed by atoms with E-state index in [-0.39, 0.29) is 0 Å². The Morgan fingerprint density at radius 1 is 0.609 bits per heavy atom. The van der Waals surface area contributed by atoms with Gasteiger partial charge < -0.3 is 18.9 Å². The third-order valence-electron chi connectivity index (χ3n) is 3.19. The first-order valence-corrected chi connectivity index (χ1v) is 8.78. The summed E-state index contributed by atoms with van der Waals surface area (Å²) >= 11 is 0. The lowest BCUT2D eigenvalue weighted by Crippen LogP contribution is -2.06. The minimum absolute atomic E-state index is 0.677. The number of hydrogen-bond donors (Lipinski definition) is 0. The van der Waals surface area contributed by atoms with Crippen LogP contribution in [0.25, 0.3) is 0 Å². The summed E-state index contributed by atoms with van der Waals surface area (Å²) in [7, 11) is 0. The fraction of sp³-hybridized carbons (Fsp3) is 0.684. The molecule has 0 bridgehead atoms. The minimum Gasteiger partial charge on any atom is -0.381 e. The lowest BCUT2D eigenvalue weighted by atomic mass is 10.2. The van der Waals surface area contributed by atoms with Crippen molar-refractivity contribution < 1.29 is 18.9 Å². The van der Waals surface area contributed by atoms with E-state index in [1.54, 1.807) is 0 Å². The van der Waals surface area contributed by atoms with E-state index in [9.17, 15) is 0 Å². The monoisotopic (exact) mass is 324 g/mol. The Morgan fingerprint density at radius 3 is 1.61 bits per heavy atom. The fourth-order valence-electron chi connectivity index (χ4n) is 2.00. The van der Waals surface area contributed by atoms with Crippen molar-refractivity contribution in [2.75, 3.05) is 46.2 Å². The van der Waals surface area contributed by atoms with Gasteiger partial charge in [-0.1, -0.05) is 37.3 Å². The summed E-state index contributed by atoms with van der Waals surface area (Å²) < 4.78 is 22.1. The molecule has 1 aromatic carbocycles. The second-order valence-corrected chi connectivity index (χ2v) is 5.44. The lowest BCUT2D eigenvalue weighted by molar-refractivity contribution is 0.0520. The molecule has 0 atom stereocenters. The van der Waals surface area contributed by atoms with E-state index < -0.39 is 0 Å². The van der Waals surface area contributed by atoms with Crippen molar-refractivity contribution in [1.82, 2.24) is 0 Å². The van der Waals surface area contributed by atoms with Gasteiger partial charge in [-0.15, -0.1) is 0 Å². The topological polar surface area (TPSA) is 36.9 Å². The molecule has 0 amide bonds. The zero-order valence-corrected chi connectivity index (χ0v) is 14.5. The van der Waals surface area contributed by atoms with E-state index in [0.29, 0.717) is 6.61 Å². The van der Waals surface area contributed by atoms with Gasteiger partial charge in [-0.3, -0.25) is 0 Å². The Kier molecular flexibility index (Phi) is 13.9. The molecule has 0 N–H and O–H groups in total. The maximum Gasteiger partial charge on any atom is 0.0716 e. The number of rotatable bonds is 16. The highest BCUT2D eigenvalue weighted by atomic mass is 16.5. The summed E-state index contributed by atoms with van der Waals surface area (Å²) in [5, 5.41) is 0. The Labute approximate surface area is 141 Å². The molecule has 4 heteroatoms. The molecule has 1 rings (SSSR count). The molecule has 0 fully saturated rings. The summed E-state index contributed by atoms with van der Waals surface area (Å²) in [6.45, 7) is 8.22. The van der Waals surface area contributed by atoms with Crippen molar-refractivity contribution >= 4 is 0 Å². The lowest BCUT2D eigenvalue weighted by Gasteiger charge is -2.07. The molecule has 23 heavy (non-hydrogen) atoms. The summed E-state index contributed by atoms with van der Waals surface area (Å²) in [6, 6.07) is 10.2. The molecule has 0 heterocycles. The van der Waals surface area contributed by atoms with Gasteiger partial charge in [-0.05, 0) is 31.2 Å². The van der Waals surface area contributed by atoms with Gasteiger partial charge in [0.15, 0.2) is 0 Å². The molecular formula is C19H32O4. The highest BCUT2D eigenvalue weighted by Crippen LogP contribution is 2.00. The van der Waals surface area contributed by atoms with Crippen LogP contribution in [0.1, 0.15) is 38.2 Å². The SMILES string of the molecule is CCCOCCCOCCCOCCCOCc1ccccc1. The van der Waals surface area contributed by atoms with E-state index >= 15 is 0 Å². The first-order valence-electron chi connectivity index (χ1n) is 8.78. The third kappa shape index (κ3) is 13.2. The molecule has 0 aromatic heterocycles. The standard InChI is InChI=1S/C19H32O4/c1-2-11-20-12-6-13-21-14-7-15-22-16-8-17-23-18-19-9-4-3-5-10-19/h3-5,9-10H,2,6-8,11-18H2,1H3. The molecular weight excluding hydrogens is 292 g/mol. The zero-order chi connectivity index (χ0) is 16.4. The van der Waals surface area contributed by atoms with Gasteiger partial charge in [0.1, 0.15) is 0 Å². The summed E-state index contributed by atoms with van der Waals surface area (Å²) in [4.78, 5) is 0. The molecule has 0 aliphatic rings. The van der Waals surface area contributed by atoms with Gasteiger partial charge in [-0.2, -0.15) is 0 Å². The van der Waals surface area contributed by atoms with Crippen LogP contribution in [0.15, 0.2) is 30.3 Å². The van der Waals surface area contributed by atoms with Gasteiger partial charge in [0.25, 0.3) is 0 Å². The fourth-order valence-corrected chi connectivity index (χ4v) is 2.00. The van der Waals surface area contributed by atoms with Crippen molar-refractivity contribution in [3.05, 3.63) is 35.9 Å². The van der Waals surface area contributed by atoms with Crippen LogP contribution in [0.5, 0.6) is 0 Å². The second kappa shape index (κ2) is 15.9. The second-order valence-electron chi connectivity index (χ2n) is 5.44. The van der Waals surface area contributed by atoms with Crippen LogP contribution < -0.4 is 0 Å². The van der Waals surface area contributed by atoms with Crippen molar-refractivity contribution in [2.24, 2.45) is 0 Å². The van der Waals surface area contributed by atoms with Crippen LogP contribution in [0.3, 0.4) is 0 Å². The molecule has 4 nitrogen and oxygen atoms in total. The van der Waals surface area contributed by atoms with Crippen LogP contribution in [0.2, 0.25) is 0 Å². The Hall–Kier alpha value is -0.940. The molecule has 0 unspecified atom stereocenters. The predicted molar refractivity (Wildman–Crippen MR) is 92.7 cm³/mol. The molecule has 0 saturated heterocycles. The zero-order valence-electron chi connectivity index (χ0n) is 14.5. The maximum absolute atomic E-state index is 5.60. The summed E-state index contributed by atoms with van der Waals surface area (Å²) in [5.41, 5.74) is 1.21. The van der Waals surface area contributed by atoms with Gasteiger partial charge in [0.05, 0.1) is 6.61 Å². The van der Waals surface area contributed by atoms with Gasteiger partial charge >= 0.3 is 0 Å². The van der Waals surface area contributed by atoms with Crippen molar-refractivity contribution in [3.8, 4) is 0 Å². The minimum atomic E-state index is 0.677. The highest BCUT2D eigenvalue weighted by molar-refractivity contribution is 5.13. The van der Waals surface area contributed by atoms with Crippen LogP contribution >= 0.6 is 0 Å². The maximum atomic E-state index is 5.60. The molecule has 1 aromatic rings. The highest BCUT2D eigenvalue weighted by Gasteiger charge is 1.94. The molecule has 0 aliphatic heterocycles. The molecule has 132 valence electrons. The molecule has 0 saturated carbocycles. The van der Waals surface area contributed by atoms with E-state index in [1.165, 1.54) is 5.56 Å². The third-order valence-corrected chi connectivity index (χ3v) is 3.19. The Bertz CT molecular complexity index is 342. The van der Waals surface area contributed by atoms with E-state index in [0.717, 1.165) is 71.9 Å². The smallest absolute Gasteiger partial charge is 0.0716 e. The Morgan fingerprint density at radius 2 is 1.09 bits per heavy atom. The first-order chi connectivity index (χ1) is 11.4. The van der Waals surface area contributed by atoms with E-state index in [1.807, 2.05) is 18.2 Å². The molecule has 0 aliphatic carbocycles.